The van der Waals surface area contributed by atoms with E-state index in [1.807, 2.05) is 42.2 Å². The zero-order valence-electron chi connectivity index (χ0n) is 17.3. The number of hydrogen-bond donors (Lipinski definition) is 1. The number of carbonyl (C=O) groups is 1. The lowest BCUT2D eigenvalue weighted by Gasteiger charge is -2.30. The van der Waals surface area contributed by atoms with Crippen LogP contribution >= 0.6 is 0 Å². The summed E-state index contributed by atoms with van der Waals surface area (Å²) in [6, 6.07) is 14.4. The van der Waals surface area contributed by atoms with Crippen LogP contribution in [0.15, 0.2) is 53.1 Å². The first-order valence-corrected chi connectivity index (χ1v) is 10.5. The molecule has 1 N–H and O–H groups in total. The highest BCUT2D eigenvalue weighted by atomic mass is 19.1. The molecule has 1 amide bonds. The first kappa shape index (κ1) is 19.5. The maximum absolute atomic E-state index is 13.7. The van der Waals surface area contributed by atoms with Gasteiger partial charge in [0.05, 0.1) is 6.42 Å². The molecule has 0 bridgehead atoms. The molecule has 31 heavy (non-hydrogen) atoms. The summed E-state index contributed by atoms with van der Waals surface area (Å²) >= 11 is 0. The molecule has 1 saturated heterocycles. The molecule has 1 fully saturated rings. The second-order valence-electron chi connectivity index (χ2n) is 8.07. The number of rotatable bonds is 4. The Labute approximate surface area is 179 Å². The average molecular weight is 418 g/mol. The van der Waals surface area contributed by atoms with Gasteiger partial charge in [0.15, 0.2) is 0 Å². The molecular weight excluding hydrogens is 395 g/mol. The van der Waals surface area contributed by atoms with Gasteiger partial charge in [-0.1, -0.05) is 35.5 Å². The van der Waals surface area contributed by atoms with Crippen LogP contribution in [0.25, 0.3) is 22.3 Å². The number of piperidine rings is 1. The summed E-state index contributed by atoms with van der Waals surface area (Å²) in [4.78, 5) is 22.6. The third kappa shape index (κ3) is 3.83. The largest absolute Gasteiger partial charge is 0.358 e. The van der Waals surface area contributed by atoms with E-state index in [-0.39, 0.29) is 24.1 Å². The Morgan fingerprint density at radius 2 is 1.97 bits per heavy atom. The van der Waals surface area contributed by atoms with E-state index in [0.717, 1.165) is 40.6 Å². The van der Waals surface area contributed by atoms with Gasteiger partial charge in [0.1, 0.15) is 5.82 Å². The molecule has 0 unspecified atom stereocenters. The molecule has 1 aliphatic rings. The van der Waals surface area contributed by atoms with Crippen LogP contribution < -0.4 is 0 Å². The summed E-state index contributed by atoms with van der Waals surface area (Å²) in [5.74, 6) is 1.14. The molecule has 0 spiro atoms. The highest BCUT2D eigenvalue weighted by Crippen LogP contribution is 2.30. The number of H-pyrrole nitrogens is 1. The van der Waals surface area contributed by atoms with Gasteiger partial charge < -0.3 is 14.4 Å². The van der Waals surface area contributed by atoms with Gasteiger partial charge in [-0.2, -0.15) is 4.98 Å². The number of hydrogen-bond acceptors (Lipinski definition) is 4. The molecule has 3 heterocycles. The van der Waals surface area contributed by atoms with Crippen molar-refractivity contribution in [1.29, 1.82) is 0 Å². The molecule has 2 aromatic carbocycles. The van der Waals surface area contributed by atoms with E-state index in [0.29, 0.717) is 24.8 Å². The van der Waals surface area contributed by atoms with Crippen LogP contribution in [0.2, 0.25) is 0 Å². The van der Waals surface area contributed by atoms with Crippen LogP contribution in [0, 0.1) is 12.7 Å². The van der Waals surface area contributed by atoms with E-state index in [1.54, 1.807) is 6.07 Å². The number of nitrogens with one attached hydrogen (secondary N) is 1. The first-order chi connectivity index (χ1) is 15.1. The number of aromatic nitrogens is 3. The summed E-state index contributed by atoms with van der Waals surface area (Å²) < 4.78 is 19.2. The number of benzene rings is 2. The molecule has 0 atom stereocenters. The molecule has 6 nitrogen and oxygen atoms in total. The van der Waals surface area contributed by atoms with E-state index in [2.05, 4.69) is 15.1 Å². The summed E-state index contributed by atoms with van der Waals surface area (Å²) in [6.45, 7) is 3.21. The summed E-state index contributed by atoms with van der Waals surface area (Å²) in [6.07, 6.45) is 1.83. The van der Waals surface area contributed by atoms with Gasteiger partial charge in [0, 0.05) is 41.2 Å². The molecule has 0 aliphatic carbocycles. The number of aromatic amines is 1. The van der Waals surface area contributed by atoms with Gasteiger partial charge in [-0.25, -0.2) is 4.39 Å². The lowest BCUT2D eigenvalue weighted by Crippen LogP contribution is -2.38. The highest BCUT2D eigenvalue weighted by molar-refractivity contribution is 5.90. The predicted molar refractivity (Wildman–Crippen MR) is 115 cm³/mol. The van der Waals surface area contributed by atoms with Crippen molar-refractivity contribution in [2.75, 3.05) is 13.1 Å². The number of halogens is 1. The smallest absolute Gasteiger partial charge is 0.230 e. The van der Waals surface area contributed by atoms with Crippen molar-refractivity contribution in [2.24, 2.45) is 0 Å². The van der Waals surface area contributed by atoms with E-state index in [1.165, 1.54) is 12.1 Å². The van der Waals surface area contributed by atoms with Crippen molar-refractivity contribution in [3.05, 3.63) is 71.5 Å². The fraction of sp³-hybridized carbons (Fsp3) is 0.292. The number of nitrogens with zero attached hydrogens (tertiary/aromatic N) is 3. The topological polar surface area (TPSA) is 75.0 Å². The van der Waals surface area contributed by atoms with Gasteiger partial charge in [-0.15, -0.1) is 0 Å². The van der Waals surface area contributed by atoms with Crippen molar-refractivity contribution in [3.8, 4) is 11.4 Å². The second-order valence-corrected chi connectivity index (χ2v) is 8.07. The van der Waals surface area contributed by atoms with Gasteiger partial charge in [0.2, 0.25) is 17.6 Å². The standard InChI is InChI=1S/C24H23FN4O2/c1-15-19(20-13-18(25)7-8-21(20)26-15)14-22(30)29-11-9-17(10-12-29)24-27-23(28-31-24)16-5-3-2-4-6-16/h2-8,13,17,26H,9-12,14H2,1H3. The van der Waals surface area contributed by atoms with Gasteiger partial charge in [-0.3, -0.25) is 4.79 Å². The monoisotopic (exact) mass is 418 g/mol. The molecule has 0 radical (unpaired) electrons. The molecule has 158 valence electrons. The Morgan fingerprint density at radius 3 is 2.74 bits per heavy atom. The quantitative estimate of drug-likeness (QED) is 0.525. The Kier molecular flexibility index (Phi) is 5.02. The lowest BCUT2D eigenvalue weighted by molar-refractivity contribution is -0.131. The number of amides is 1. The minimum atomic E-state index is -0.296. The highest BCUT2D eigenvalue weighted by Gasteiger charge is 2.28. The Morgan fingerprint density at radius 1 is 1.19 bits per heavy atom. The minimum Gasteiger partial charge on any atom is -0.358 e. The van der Waals surface area contributed by atoms with E-state index < -0.39 is 0 Å². The fourth-order valence-corrected chi connectivity index (χ4v) is 4.33. The lowest BCUT2D eigenvalue weighted by atomic mass is 9.96. The minimum absolute atomic E-state index is 0.0576. The zero-order chi connectivity index (χ0) is 21.4. The SMILES string of the molecule is Cc1[nH]c2ccc(F)cc2c1CC(=O)N1CCC(c2nc(-c3ccccc3)no2)CC1. The van der Waals surface area contributed by atoms with Crippen LogP contribution in [-0.2, 0) is 11.2 Å². The third-order valence-electron chi connectivity index (χ3n) is 6.08. The molecule has 5 rings (SSSR count). The summed E-state index contributed by atoms with van der Waals surface area (Å²) in [7, 11) is 0. The number of fused-ring (bicyclic) bond motifs is 1. The average Bonchev–Trinajstić information content (AvgIpc) is 3.40. The van der Waals surface area contributed by atoms with Crippen molar-refractivity contribution in [2.45, 2.75) is 32.1 Å². The van der Waals surface area contributed by atoms with Crippen molar-refractivity contribution in [3.63, 3.8) is 0 Å². The molecule has 2 aromatic heterocycles. The van der Waals surface area contributed by atoms with E-state index in [9.17, 15) is 9.18 Å². The number of carbonyl (C=O) groups excluding carboxylic acids is 1. The second kappa shape index (κ2) is 7.98. The molecular formula is C24H23FN4O2. The van der Waals surface area contributed by atoms with Crippen molar-refractivity contribution in [1.82, 2.24) is 20.0 Å². The maximum atomic E-state index is 13.7. The van der Waals surface area contributed by atoms with E-state index >= 15 is 0 Å². The normalized spacial score (nSPS) is 15.0. The van der Waals surface area contributed by atoms with E-state index in [4.69, 9.17) is 4.52 Å². The van der Waals surface area contributed by atoms with Crippen molar-refractivity contribution < 1.29 is 13.7 Å². The summed E-state index contributed by atoms with van der Waals surface area (Å²) in [5, 5.41) is 4.89. The van der Waals surface area contributed by atoms with Crippen molar-refractivity contribution >= 4 is 16.8 Å². The number of aryl methyl sites for hydroxylation is 1. The maximum Gasteiger partial charge on any atom is 0.230 e. The van der Waals surface area contributed by atoms with Crippen LogP contribution in [0.5, 0.6) is 0 Å². The van der Waals surface area contributed by atoms with Gasteiger partial charge >= 0.3 is 0 Å². The molecule has 1 aliphatic heterocycles. The van der Waals surface area contributed by atoms with Crippen LogP contribution in [0.1, 0.15) is 35.9 Å². The molecule has 4 aromatic rings. The number of likely N-dealkylation sites (tertiary alicyclic amines) is 1. The first-order valence-electron chi connectivity index (χ1n) is 10.5. The van der Waals surface area contributed by atoms with Crippen LogP contribution in [0.3, 0.4) is 0 Å². The van der Waals surface area contributed by atoms with Gasteiger partial charge in [0.25, 0.3) is 0 Å². The summed E-state index contributed by atoms with van der Waals surface area (Å²) in [5.41, 5.74) is 3.55. The Hall–Kier alpha value is -3.48. The predicted octanol–water partition coefficient (Wildman–Crippen LogP) is 4.61. The van der Waals surface area contributed by atoms with Crippen LogP contribution in [-0.4, -0.2) is 39.0 Å². The third-order valence-corrected chi connectivity index (χ3v) is 6.08. The Balaban J connectivity index is 1.24. The van der Waals surface area contributed by atoms with Gasteiger partial charge in [-0.05, 0) is 43.5 Å². The zero-order valence-corrected chi connectivity index (χ0v) is 17.3. The molecule has 0 saturated carbocycles. The van der Waals surface area contributed by atoms with Crippen LogP contribution in [0.4, 0.5) is 4.39 Å². The Bertz CT molecular complexity index is 1220. The molecule has 7 heteroatoms. The fourth-order valence-electron chi connectivity index (χ4n) is 4.33.